The van der Waals surface area contributed by atoms with Gasteiger partial charge in [0.15, 0.2) is 6.61 Å². The highest BCUT2D eigenvalue weighted by molar-refractivity contribution is 5.88. The van der Waals surface area contributed by atoms with Crippen molar-refractivity contribution in [2.24, 2.45) is 0 Å². The van der Waals surface area contributed by atoms with Crippen molar-refractivity contribution >= 4 is 11.8 Å². The Balaban J connectivity index is 1.89. The fraction of sp³-hybridized carbons (Fsp3) is 0.310. The summed E-state index contributed by atoms with van der Waals surface area (Å²) in [6.45, 7) is 5.84. The van der Waals surface area contributed by atoms with E-state index in [1.807, 2.05) is 75.4 Å². The van der Waals surface area contributed by atoms with Gasteiger partial charge in [0, 0.05) is 19.0 Å². The van der Waals surface area contributed by atoms with Crippen molar-refractivity contribution in [3.8, 4) is 5.75 Å². The molecule has 0 aliphatic rings. The van der Waals surface area contributed by atoms with E-state index in [1.54, 1.807) is 12.1 Å². The molecule has 184 valence electrons. The van der Waals surface area contributed by atoms with Gasteiger partial charge in [0.05, 0.1) is 0 Å². The van der Waals surface area contributed by atoms with E-state index >= 15 is 0 Å². The SMILES string of the molecule is CC[C@H](C)NC(=O)[C@H](Cc1ccccc1)N(Cc1ccc(F)cc1)C(=O)COc1ccc(C)cc1. The summed E-state index contributed by atoms with van der Waals surface area (Å²) >= 11 is 0. The minimum atomic E-state index is -0.759. The van der Waals surface area contributed by atoms with Crippen LogP contribution in [0.5, 0.6) is 5.75 Å². The third-order valence-electron chi connectivity index (χ3n) is 5.92. The number of hydrogen-bond donors (Lipinski definition) is 1. The molecular formula is C29H33FN2O3. The van der Waals surface area contributed by atoms with E-state index in [0.29, 0.717) is 12.2 Å². The number of rotatable bonds is 11. The molecule has 0 aliphatic carbocycles. The van der Waals surface area contributed by atoms with Gasteiger partial charge >= 0.3 is 0 Å². The van der Waals surface area contributed by atoms with E-state index in [4.69, 9.17) is 4.74 Å². The van der Waals surface area contributed by atoms with Crippen molar-refractivity contribution in [2.45, 2.75) is 52.2 Å². The molecule has 3 aromatic rings. The normalized spacial score (nSPS) is 12.5. The summed E-state index contributed by atoms with van der Waals surface area (Å²) < 4.78 is 19.3. The van der Waals surface area contributed by atoms with Gasteiger partial charge in [-0.2, -0.15) is 0 Å². The van der Waals surface area contributed by atoms with Crippen LogP contribution in [-0.2, 0) is 22.6 Å². The third kappa shape index (κ3) is 7.95. The molecule has 0 saturated carbocycles. The maximum Gasteiger partial charge on any atom is 0.261 e. The smallest absolute Gasteiger partial charge is 0.261 e. The largest absolute Gasteiger partial charge is 0.484 e. The van der Waals surface area contributed by atoms with Gasteiger partial charge in [0.2, 0.25) is 5.91 Å². The molecule has 3 aromatic carbocycles. The minimum absolute atomic E-state index is 0.0349. The molecule has 6 heteroatoms. The molecule has 2 atom stereocenters. The summed E-state index contributed by atoms with van der Waals surface area (Å²) in [6.07, 6.45) is 1.12. The number of nitrogens with zero attached hydrogens (tertiary/aromatic N) is 1. The number of carbonyl (C=O) groups is 2. The Morgan fingerprint density at radius 3 is 2.23 bits per heavy atom. The minimum Gasteiger partial charge on any atom is -0.484 e. The molecular weight excluding hydrogens is 443 g/mol. The molecule has 0 spiro atoms. The number of carbonyl (C=O) groups excluding carboxylic acids is 2. The van der Waals surface area contributed by atoms with Crippen molar-refractivity contribution < 1.29 is 18.7 Å². The Bertz CT molecular complexity index is 1090. The summed E-state index contributed by atoms with van der Waals surface area (Å²) in [7, 11) is 0. The van der Waals surface area contributed by atoms with E-state index in [-0.39, 0.29) is 36.8 Å². The highest BCUT2D eigenvalue weighted by atomic mass is 19.1. The second-order valence-electron chi connectivity index (χ2n) is 8.77. The van der Waals surface area contributed by atoms with E-state index in [9.17, 15) is 14.0 Å². The highest BCUT2D eigenvalue weighted by Crippen LogP contribution is 2.17. The van der Waals surface area contributed by atoms with Crippen LogP contribution in [0.1, 0.15) is 37.0 Å². The molecule has 35 heavy (non-hydrogen) atoms. The Morgan fingerprint density at radius 2 is 1.60 bits per heavy atom. The third-order valence-corrected chi connectivity index (χ3v) is 5.92. The molecule has 5 nitrogen and oxygen atoms in total. The molecule has 0 heterocycles. The Hall–Kier alpha value is -3.67. The van der Waals surface area contributed by atoms with E-state index < -0.39 is 6.04 Å². The van der Waals surface area contributed by atoms with Crippen LogP contribution in [0.25, 0.3) is 0 Å². The van der Waals surface area contributed by atoms with Crippen molar-refractivity contribution in [3.63, 3.8) is 0 Å². The molecule has 0 unspecified atom stereocenters. The molecule has 3 rings (SSSR count). The van der Waals surface area contributed by atoms with Crippen LogP contribution < -0.4 is 10.1 Å². The van der Waals surface area contributed by atoms with Gasteiger partial charge in [0.25, 0.3) is 5.91 Å². The van der Waals surface area contributed by atoms with Gasteiger partial charge in [-0.05, 0) is 55.7 Å². The zero-order chi connectivity index (χ0) is 25.2. The van der Waals surface area contributed by atoms with Gasteiger partial charge < -0.3 is 15.0 Å². The Kier molecular flexibility index (Phi) is 9.41. The van der Waals surface area contributed by atoms with E-state index in [1.165, 1.54) is 17.0 Å². The highest BCUT2D eigenvalue weighted by Gasteiger charge is 2.31. The van der Waals surface area contributed by atoms with Gasteiger partial charge in [-0.15, -0.1) is 0 Å². The molecule has 1 N–H and O–H groups in total. The predicted molar refractivity (Wildman–Crippen MR) is 135 cm³/mol. The van der Waals surface area contributed by atoms with Crippen LogP contribution in [0, 0.1) is 12.7 Å². The van der Waals surface area contributed by atoms with E-state index in [2.05, 4.69) is 5.32 Å². The predicted octanol–water partition coefficient (Wildman–Crippen LogP) is 5.07. The summed E-state index contributed by atoms with van der Waals surface area (Å²) in [5.41, 5.74) is 2.75. The summed E-state index contributed by atoms with van der Waals surface area (Å²) in [4.78, 5) is 28.4. The lowest BCUT2D eigenvalue weighted by molar-refractivity contribution is -0.143. The fourth-order valence-electron chi connectivity index (χ4n) is 3.64. The first-order chi connectivity index (χ1) is 16.9. The Labute approximate surface area is 206 Å². The average molecular weight is 477 g/mol. The van der Waals surface area contributed by atoms with Gasteiger partial charge in [-0.3, -0.25) is 9.59 Å². The lowest BCUT2D eigenvalue weighted by atomic mass is 10.0. The summed E-state index contributed by atoms with van der Waals surface area (Å²) in [6, 6.07) is 22.2. The number of aryl methyl sites for hydroxylation is 1. The zero-order valence-electron chi connectivity index (χ0n) is 20.5. The molecule has 0 radical (unpaired) electrons. The van der Waals surface area contributed by atoms with Crippen LogP contribution >= 0.6 is 0 Å². The van der Waals surface area contributed by atoms with Crippen LogP contribution in [0.15, 0.2) is 78.9 Å². The van der Waals surface area contributed by atoms with Crippen LogP contribution in [-0.4, -0.2) is 35.4 Å². The van der Waals surface area contributed by atoms with Gasteiger partial charge in [0.1, 0.15) is 17.6 Å². The van der Waals surface area contributed by atoms with Gasteiger partial charge in [-0.1, -0.05) is 67.1 Å². The fourth-order valence-corrected chi connectivity index (χ4v) is 3.64. The lowest BCUT2D eigenvalue weighted by Gasteiger charge is -2.32. The number of benzene rings is 3. The van der Waals surface area contributed by atoms with E-state index in [0.717, 1.165) is 23.1 Å². The topological polar surface area (TPSA) is 58.6 Å². The first-order valence-electron chi connectivity index (χ1n) is 11.9. The molecule has 0 saturated heterocycles. The molecule has 0 bridgehead atoms. The maximum absolute atomic E-state index is 13.5. The first kappa shape index (κ1) is 25.9. The van der Waals surface area contributed by atoms with Crippen LogP contribution in [0.4, 0.5) is 4.39 Å². The number of amides is 2. The molecule has 0 aliphatic heterocycles. The quantitative estimate of drug-likeness (QED) is 0.421. The van der Waals surface area contributed by atoms with Crippen LogP contribution in [0.2, 0.25) is 0 Å². The number of halogens is 1. The average Bonchev–Trinajstić information content (AvgIpc) is 2.87. The van der Waals surface area contributed by atoms with Crippen molar-refractivity contribution in [1.29, 1.82) is 0 Å². The first-order valence-corrected chi connectivity index (χ1v) is 11.9. The second kappa shape index (κ2) is 12.7. The number of nitrogens with one attached hydrogen (secondary N) is 1. The van der Waals surface area contributed by atoms with Gasteiger partial charge in [-0.25, -0.2) is 4.39 Å². The number of hydrogen-bond acceptors (Lipinski definition) is 3. The zero-order valence-corrected chi connectivity index (χ0v) is 20.5. The summed E-state index contributed by atoms with van der Waals surface area (Å²) in [5, 5.41) is 3.03. The Morgan fingerprint density at radius 1 is 0.943 bits per heavy atom. The van der Waals surface area contributed by atoms with Crippen molar-refractivity contribution in [1.82, 2.24) is 10.2 Å². The second-order valence-corrected chi connectivity index (χ2v) is 8.77. The maximum atomic E-state index is 13.5. The van der Waals surface area contributed by atoms with Crippen molar-refractivity contribution in [2.75, 3.05) is 6.61 Å². The monoisotopic (exact) mass is 476 g/mol. The molecule has 2 amide bonds. The standard InChI is InChI=1S/C29H33FN2O3/c1-4-22(3)31-29(34)27(18-23-8-6-5-7-9-23)32(19-24-12-14-25(30)15-13-24)28(33)20-35-26-16-10-21(2)11-17-26/h5-17,22,27H,4,18-20H2,1-3H3,(H,31,34)/t22-,27-/m0/s1. The lowest BCUT2D eigenvalue weighted by Crippen LogP contribution is -2.53. The molecule has 0 fully saturated rings. The van der Waals surface area contributed by atoms with Crippen LogP contribution in [0.3, 0.4) is 0 Å². The van der Waals surface area contributed by atoms with Crippen molar-refractivity contribution in [3.05, 3.63) is 101 Å². The molecule has 0 aromatic heterocycles. The summed E-state index contributed by atoms with van der Waals surface area (Å²) in [5.74, 6) is -0.330. The number of ether oxygens (including phenoxy) is 1.